The molecule has 2 N–H and O–H groups in total. The maximum atomic E-state index is 12.6. The van der Waals surface area contributed by atoms with Gasteiger partial charge in [-0.25, -0.2) is 9.28 Å². The minimum Gasteiger partial charge on any atom is -0.454 e. The number of rotatable bonds is 4. The fraction of sp³-hybridized carbons (Fsp3) is 0.238. The van der Waals surface area contributed by atoms with Gasteiger partial charge in [0.2, 0.25) is 0 Å². The van der Waals surface area contributed by atoms with Gasteiger partial charge < -0.3 is 4.42 Å². The van der Waals surface area contributed by atoms with Gasteiger partial charge in [0, 0.05) is 16.5 Å². The highest BCUT2D eigenvalue weighted by atomic mass is 16.3. The molecule has 0 radical (unpaired) electrons. The average molecular weight is 363 g/mol. The first-order chi connectivity index (χ1) is 13.0. The van der Waals surface area contributed by atoms with Gasteiger partial charge in [-0.1, -0.05) is 25.1 Å². The molecule has 6 heteroatoms. The molecule has 0 spiro atoms. The van der Waals surface area contributed by atoms with Gasteiger partial charge in [0.25, 0.3) is 0 Å². The maximum Gasteiger partial charge on any atom is 0.420 e. The van der Waals surface area contributed by atoms with Crippen molar-refractivity contribution >= 4 is 33.6 Å². The summed E-state index contributed by atoms with van der Waals surface area (Å²) >= 11 is 0. The Hall–Kier alpha value is -3.12. The SMILES string of the molecule is CCC[N+](C)(C)C(=O)Nc1ccc2[nH]nc(-c3cc4ccccc4o3)c2c1. The lowest BCUT2D eigenvalue weighted by Crippen LogP contribution is -2.48. The number of anilines is 1. The van der Waals surface area contributed by atoms with Crippen molar-refractivity contribution in [3.8, 4) is 11.5 Å². The number of nitrogens with one attached hydrogen (secondary N) is 2. The van der Waals surface area contributed by atoms with Crippen LogP contribution in [0, 0.1) is 0 Å². The zero-order valence-electron chi connectivity index (χ0n) is 15.7. The Kier molecular flexibility index (Phi) is 4.20. The van der Waals surface area contributed by atoms with Crippen molar-refractivity contribution in [2.75, 3.05) is 26.0 Å². The Morgan fingerprint density at radius 3 is 2.78 bits per heavy atom. The summed E-state index contributed by atoms with van der Waals surface area (Å²) in [6.45, 7) is 2.86. The van der Waals surface area contributed by atoms with Crippen LogP contribution in [0.25, 0.3) is 33.3 Å². The molecule has 2 amide bonds. The van der Waals surface area contributed by atoms with Crippen LogP contribution in [0.2, 0.25) is 0 Å². The van der Waals surface area contributed by atoms with Gasteiger partial charge in [-0.05, 0) is 36.8 Å². The van der Waals surface area contributed by atoms with E-state index >= 15 is 0 Å². The van der Waals surface area contributed by atoms with Crippen LogP contribution in [-0.2, 0) is 0 Å². The summed E-state index contributed by atoms with van der Waals surface area (Å²) in [4.78, 5) is 12.6. The van der Waals surface area contributed by atoms with Crippen molar-refractivity contribution < 1.29 is 13.7 Å². The number of hydrogen-bond acceptors (Lipinski definition) is 3. The third kappa shape index (κ3) is 3.19. The average Bonchev–Trinajstić information content (AvgIpc) is 3.24. The molecule has 4 aromatic rings. The second-order valence-corrected chi connectivity index (χ2v) is 7.32. The summed E-state index contributed by atoms with van der Waals surface area (Å²) in [5, 5.41) is 12.4. The van der Waals surface area contributed by atoms with Crippen molar-refractivity contribution in [1.29, 1.82) is 0 Å². The molecule has 4 rings (SSSR count). The Balaban J connectivity index is 1.70. The molecule has 2 aromatic carbocycles. The van der Waals surface area contributed by atoms with Crippen LogP contribution < -0.4 is 5.32 Å². The smallest absolute Gasteiger partial charge is 0.420 e. The highest BCUT2D eigenvalue weighted by Crippen LogP contribution is 2.32. The first kappa shape index (κ1) is 17.3. The van der Waals surface area contributed by atoms with E-state index in [9.17, 15) is 4.79 Å². The molecule has 138 valence electrons. The largest absolute Gasteiger partial charge is 0.454 e. The van der Waals surface area contributed by atoms with E-state index < -0.39 is 0 Å². The predicted molar refractivity (Wildman–Crippen MR) is 108 cm³/mol. The van der Waals surface area contributed by atoms with Gasteiger partial charge in [-0.3, -0.25) is 10.4 Å². The van der Waals surface area contributed by atoms with E-state index in [0.717, 1.165) is 46.2 Å². The highest BCUT2D eigenvalue weighted by Gasteiger charge is 2.25. The monoisotopic (exact) mass is 363 g/mol. The number of H-pyrrole nitrogens is 1. The van der Waals surface area contributed by atoms with Gasteiger partial charge in [-0.15, -0.1) is 0 Å². The lowest BCUT2D eigenvalue weighted by atomic mass is 10.1. The molecule has 0 aliphatic rings. The van der Waals surface area contributed by atoms with E-state index in [1.165, 1.54) is 0 Å². The summed E-state index contributed by atoms with van der Waals surface area (Å²) in [6, 6.07) is 15.6. The molecule has 0 bridgehead atoms. The van der Waals surface area contributed by atoms with Crippen LogP contribution in [0.4, 0.5) is 10.5 Å². The van der Waals surface area contributed by atoms with E-state index in [4.69, 9.17) is 4.42 Å². The molecule has 0 aliphatic heterocycles. The second kappa shape index (κ2) is 6.55. The van der Waals surface area contributed by atoms with Gasteiger partial charge in [0.05, 0.1) is 26.2 Å². The van der Waals surface area contributed by atoms with Crippen molar-refractivity contribution in [2.45, 2.75) is 13.3 Å². The number of hydrogen-bond donors (Lipinski definition) is 2. The minimum absolute atomic E-state index is 0.0371. The van der Waals surface area contributed by atoms with E-state index in [1.807, 2.05) is 62.6 Å². The Morgan fingerprint density at radius 2 is 2.00 bits per heavy atom. The quantitative estimate of drug-likeness (QED) is 0.502. The summed E-state index contributed by atoms with van der Waals surface area (Å²) in [5.41, 5.74) is 3.20. The van der Waals surface area contributed by atoms with Crippen molar-refractivity contribution in [3.63, 3.8) is 0 Å². The fourth-order valence-electron chi connectivity index (χ4n) is 3.31. The van der Waals surface area contributed by atoms with Gasteiger partial charge in [-0.2, -0.15) is 5.10 Å². The van der Waals surface area contributed by atoms with Gasteiger partial charge >= 0.3 is 6.03 Å². The zero-order chi connectivity index (χ0) is 19.0. The van der Waals surface area contributed by atoms with Crippen molar-refractivity contribution in [3.05, 3.63) is 48.5 Å². The van der Waals surface area contributed by atoms with E-state index in [1.54, 1.807) is 0 Å². The molecule has 0 aliphatic carbocycles. The fourth-order valence-corrected chi connectivity index (χ4v) is 3.31. The third-order valence-corrected chi connectivity index (χ3v) is 4.81. The van der Waals surface area contributed by atoms with E-state index in [-0.39, 0.29) is 10.5 Å². The number of benzene rings is 2. The topological polar surface area (TPSA) is 70.9 Å². The molecular formula is C21H23N4O2+. The standard InChI is InChI=1S/C21H22N4O2/c1-4-11-25(2,3)21(26)22-15-9-10-17-16(13-15)20(24-23-17)19-12-14-7-5-6-8-18(14)27-19/h5-10,12-13H,4,11H2,1-3H3,(H-,22,23,24,26)/p+1. The van der Waals surface area contributed by atoms with Crippen LogP contribution >= 0.6 is 0 Å². The first-order valence-corrected chi connectivity index (χ1v) is 9.09. The normalized spacial score (nSPS) is 12.0. The van der Waals surface area contributed by atoms with Crippen LogP contribution in [-0.4, -0.2) is 41.4 Å². The van der Waals surface area contributed by atoms with Crippen LogP contribution in [0.15, 0.2) is 52.9 Å². The number of aromatic nitrogens is 2. The molecule has 0 fully saturated rings. The summed E-state index contributed by atoms with van der Waals surface area (Å²) in [6.07, 6.45) is 0.942. The van der Waals surface area contributed by atoms with Crippen molar-refractivity contribution in [2.24, 2.45) is 0 Å². The van der Waals surface area contributed by atoms with Crippen molar-refractivity contribution in [1.82, 2.24) is 10.2 Å². The molecule has 0 atom stereocenters. The molecule has 0 unspecified atom stereocenters. The zero-order valence-corrected chi connectivity index (χ0v) is 15.7. The number of para-hydroxylation sites is 1. The Morgan fingerprint density at radius 1 is 1.19 bits per heavy atom. The molecular weight excluding hydrogens is 340 g/mol. The molecule has 2 heterocycles. The number of furan rings is 1. The lowest BCUT2D eigenvalue weighted by molar-refractivity contribution is -0.806. The molecule has 0 saturated heterocycles. The number of quaternary nitrogens is 1. The van der Waals surface area contributed by atoms with Crippen LogP contribution in [0.5, 0.6) is 0 Å². The Labute approximate surface area is 157 Å². The number of fused-ring (bicyclic) bond motifs is 2. The van der Waals surface area contributed by atoms with Crippen LogP contribution in [0.3, 0.4) is 0 Å². The van der Waals surface area contributed by atoms with Gasteiger partial charge in [0.1, 0.15) is 11.3 Å². The predicted octanol–water partition coefficient (Wildman–Crippen LogP) is 4.99. The Bertz CT molecular complexity index is 1090. The van der Waals surface area contributed by atoms with Crippen LogP contribution in [0.1, 0.15) is 13.3 Å². The summed E-state index contributed by atoms with van der Waals surface area (Å²) < 4.78 is 6.24. The summed E-state index contributed by atoms with van der Waals surface area (Å²) in [7, 11) is 3.82. The number of carbonyl (C=O) groups excluding carboxylic acids is 1. The summed E-state index contributed by atoms with van der Waals surface area (Å²) in [5.74, 6) is 0.702. The number of amides is 2. The van der Waals surface area contributed by atoms with E-state index in [0.29, 0.717) is 5.76 Å². The molecule has 0 saturated carbocycles. The lowest BCUT2D eigenvalue weighted by Gasteiger charge is -2.26. The maximum absolute atomic E-state index is 12.6. The van der Waals surface area contributed by atoms with Gasteiger partial charge in [0.15, 0.2) is 5.76 Å². The second-order valence-electron chi connectivity index (χ2n) is 7.32. The number of urea groups is 1. The van der Waals surface area contributed by atoms with E-state index in [2.05, 4.69) is 22.4 Å². The first-order valence-electron chi connectivity index (χ1n) is 9.09. The highest BCUT2D eigenvalue weighted by molar-refractivity contribution is 5.97. The minimum atomic E-state index is -0.0371. The third-order valence-electron chi connectivity index (χ3n) is 4.81. The molecule has 2 aromatic heterocycles. The molecule has 27 heavy (non-hydrogen) atoms. The number of carbonyl (C=O) groups is 1. The number of aromatic amines is 1. The molecule has 6 nitrogen and oxygen atoms in total. The number of nitrogens with zero attached hydrogens (tertiary/aromatic N) is 2.